The first kappa shape index (κ1) is 22.3. The topological polar surface area (TPSA) is 104 Å². The zero-order valence-electron chi connectivity index (χ0n) is 16.9. The average molecular weight is 440 g/mol. The van der Waals surface area contributed by atoms with Gasteiger partial charge in [0, 0.05) is 37.7 Å². The van der Waals surface area contributed by atoms with Gasteiger partial charge in [0.2, 0.25) is 0 Å². The van der Waals surface area contributed by atoms with Crippen molar-refractivity contribution in [3.8, 4) is 0 Å². The Hall–Kier alpha value is -3.41. The van der Waals surface area contributed by atoms with Gasteiger partial charge in [-0.1, -0.05) is 13.8 Å². The number of aliphatic hydroxyl groups excluding tert-OH is 1. The Bertz CT molecular complexity index is 1120. The molecule has 0 bridgehead atoms. The number of carbonyl (C=O) groups is 1. The summed E-state index contributed by atoms with van der Waals surface area (Å²) in [6.45, 7) is 3.52. The van der Waals surface area contributed by atoms with Gasteiger partial charge in [0.25, 0.3) is 5.91 Å². The van der Waals surface area contributed by atoms with Gasteiger partial charge < -0.3 is 21.1 Å². The van der Waals surface area contributed by atoms with Crippen LogP contribution in [0.5, 0.6) is 0 Å². The van der Waals surface area contributed by atoms with Crippen LogP contribution in [-0.2, 0) is 0 Å². The van der Waals surface area contributed by atoms with Crippen molar-refractivity contribution in [1.29, 1.82) is 0 Å². The zero-order chi connectivity index (χ0) is 22.9. The number of nitrogens with zero attached hydrogens (tertiary/aromatic N) is 3. The largest absolute Gasteiger partial charge is 0.396 e. The first-order valence-electron chi connectivity index (χ1n) is 9.13. The lowest BCUT2D eigenvalue weighted by molar-refractivity contribution is 0.0912. The molecule has 0 fully saturated rings. The summed E-state index contributed by atoms with van der Waals surface area (Å²) in [5.41, 5.74) is -1.57. The number of rotatable bonds is 7. The predicted octanol–water partition coefficient (Wildman–Crippen LogP) is 2.82. The molecule has 1 aromatic carbocycles. The number of anilines is 3. The number of aliphatic hydroxyl groups is 1. The van der Waals surface area contributed by atoms with Crippen LogP contribution >= 0.6 is 0 Å². The van der Waals surface area contributed by atoms with Gasteiger partial charge in [-0.3, -0.25) is 4.79 Å². The number of aromatic nitrogens is 3. The third-order valence-corrected chi connectivity index (χ3v) is 4.49. The van der Waals surface area contributed by atoms with E-state index in [1.807, 2.05) is 0 Å². The summed E-state index contributed by atoms with van der Waals surface area (Å²) in [4.78, 5) is 16.7. The molecule has 0 spiro atoms. The van der Waals surface area contributed by atoms with Crippen LogP contribution in [0.15, 0.2) is 18.3 Å². The van der Waals surface area contributed by atoms with Crippen molar-refractivity contribution in [2.75, 3.05) is 30.8 Å². The van der Waals surface area contributed by atoms with Crippen LogP contribution in [0, 0.1) is 28.7 Å². The number of amides is 1. The molecule has 4 N–H and O–H groups in total. The maximum absolute atomic E-state index is 14.0. The molecule has 1 amide bonds. The Morgan fingerprint density at radius 2 is 1.81 bits per heavy atom. The molecule has 166 valence electrons. The minimum Gasteiger partial charge on any atom is -0.396 e. The van der Waals surface area contributed by atoms with Gasteiger partial charge in [0.15, 0.2) is 28.9 Å². The van der Waals surface area contributed by atoms with Gasteiger partial charge in [-0.25, -0.2) is 22.5 Å². The molecule has 0 atom stereocenters. The highest BCUT2D eigenvalue weighted by atomic mass is 19.2. The highest BCUT2D eigenvalue weighted by Crippen LogP contribution is 2.28. The maximum atomic E-state index is 14.0. The van der Waals surface area contributed by atoms with Crippen molar-refractivity contribution in [2.45, 2.75) is 13.8 Å². The Morgan fingerprint density at radius 1 is 1.16 bits per heavy atom. The van der Waals surface area contributed by atoms with Crippen molar-refractivity contribution >= 4 is 28.9 Å². The summed E-state index contributed by atoms with van der Waals surface area (Å²) in [6, 6.07) is 1.39. The van der Waals surface area contributed by atoms with E-state index in [2.05, 4.69) is 26.0 Å². The summed E-state index contributed by atoms with van der Waals surface area (Å²) < 4.78 is 56.4. The van der Waals surface area contributed by atoms with Gasteiger partial charge in [0.05, 0.1) is 6.20 Å². The molecule has 0 aliphatic carbocycles. The number of hydrogen-bond acceptors (Lipinski definition) is 6. The molecule has 12 heteroatoms. The minimum atomic E-state index is -1.62. The lowest BCUT2D eigenvalue weighted by Gasteiger charge is -2.21. The van der Waals surface area contributed by atoms with Gasteiger partial charge >= 0.3 is 0 Å². The number of hydrogen-bond donors (Lipinski definition) is 4. The van der Waals surface area contributed by atoms with E-state index in [0.717, 1.165) is 0 Å². The minimum absolute atomic E-state index is 0.0198. The molecule has 2 aromatic heterocycles. The maximum Gasteiger partial charge on any atom is 0.256 e. The Balaban J connectivity index is 2.02. The Kier molecular flexibility index (Phi) is 6.02. The fraction of sp³-hybridized carbons (Fsp3) is 0.316. The number of nitrogens with one attached hydrogen (secondary N) is 3. The fourth-order valence-corrected chi connectivity index (χ4v) is 2.65. The van der Waals surface area contributed by atoms with E-state index in [4.69, 9.17) is 0 Å². The molecule has 8 nitrogen and oxygen atoms in total. The highest BCUT2D eigenvalue weighted by Gasteiger charge is 2.23. The standard InChI is InChI=1S/C19H20F4N6O2/c1-19(2,8-30)7-25-18(31)9-6-26-29-13(24-3)5-12(28-17(9)29)27-16-14(22)10(20)4-11(21)15(16)23/h4-6,24,30H,7-8H2,1-3H3,(H,25,31)(H,27,28). The van der Waals surface area contributed by atoms with E-state index >= 15 is 0 Å². The second-order valence-corrected chi connectivity index (χ2v) is 7.54. The average Bonchev–Trinajstić information content (AvgIpc) is 3.17. The summed E-state index contributed by atoms with van der Waals surface area (Å²) in [5, 5.41) is 21.1. The third kappa shape index (κ3) is 4.38. The molecular formula is C19H20F4N6O2. The van der Waals surface area contributed by atoms with Crippen LogP contribution in [0.25, 0.3) is 5.65 Å². The molecule has 0 saturated carbocycles. The van der Waals surface area contributed by atoms with Crippen molar-refractivity contribution < 1.29 is 27.5 Å². The molecule has 31 heavy (non-hydrogen) atoms. The smallest absolute Gasteiger partial charge is 0.256 e. The first-order valence-corrected chi connectivity index (χ1v) is 9.13. The monoisotopic (exact) mass is 440 g/mol. The Morgan fingerprint density at radius 3 is 2.39 bits per heavy atom. The molecular weight excluding hydrogens is 420 g/mol. The molecule has 0 unspecified atom stereocenters. The van der Waals surface area contributed by atoms with E-state index < -0.39 is 40.3 Å². The second kappa shape index (κ2) is 8.38. The van der Waals surface area contributed by atoms with E-state index in [9.17, 15) is 27.5 Å². The van der Waals surface area contributed by atoms with E-state index in [1.165, 1.54) is 23.8 Å². The van der Waals surface area contributed by atoms with Gasteiger partial charge in [0.1, 0.15) is 22.9 Å². The molecule has 3 aromatic rings. The number of fused-ring (bicyclic) bond motifs is 1. The van der Waals surface area contributed by atoms with Crippen LogP contribution in [0.3, 0.4) is 0 Å². The highest BCUT2D eigenvalue weighted by molar-refractivity contribution is 6.00. The second-order valence-electron chi connectivity index (χ2n) is 7.54. The lowest BCUT2D eigenvalue weighted by atomic mass is 9.95. The summed E-state index contributed by atoms with van der Waals surface area (Å²) in [6.07, 6.45) is 1.25. The predicted molar refractivity (Wildman–Crippen MR) is 105 cm³/mol. The van der Waals surface area contributed by atoms with Crippen LogP contribution in [0.2, 0.25) is 0 Å². The quantitative estimate of drug-likeness (QED) is 0.333. The van der Waals surface area contributed by atoms with E-state index in [1.54, 1.807) is 13.8 Å². The number of carbonyl (C=O) groups excluding carboxylic acids is 1. The summed E-state index contributed by atoms with van der Waals surface area (Å²) >= 11 is 0. The number of benzene rings is 1. The molecule has 0 aliphatic heterocycles. The van der Waals surface area contributed by atoms with Crippen LogP contribution in [0.4, 0.5) is 34.9 Å². The van der Waals surface area contributed by atoms with E-state index in [-0.39, 0.29) is 42.1 Å². The van der Waals surface area contributed by atoms with Gasteiger partial charge in [-0.15, -0.1) is 0 Å². The normalized spacial score (nSPS) is 11.6. The van der Waals surface area contributed by atoms with Gasteiger partial charge in [-0.05, 0) is 0 Å². The van der Waals surface area contributed by atoms with Crippen LogP contribution in [-0.4, -0.2) is 45.8 Å². The van der Waals surface area contributed by atoms with Crippen molar-refractivity contribution in [1.82, 2.24) is 19.9 Å². The van der Waals surface area contributed by atoms with Gasteiger partial charge in [-0.2, -0.15) is 9.61 Å². The summed E-state index contributed by atoms with van der Waals surface area (Å²) in [7, 11) is 1.53. The van der Waals surface area contributed by atoms with Crippen LogP contribution in [0.1, 0.15) is 24.2 Å². The summed E-state index contributed by atoms with van der Waals surface area (Å²) in [5.74, 6) is -6.85. The van der Waals surface area contributed by atoms with Crippen molar-refractivity contribution in [2.24, 2.45) is 5.41 Å². The lowest BCUT2D eigenvalue weighted by Crippen LogP contribution is -2.36. The molecule has 3 rings (SSSR count). The fourth-order valence-electron chi connectivity index (χ4n) is 2.65. The molecule has 0 radical (unpaired) electrons. The van der Waals surface area contributed by atoms with Crippen molar-refractivity contribution in [3.63, 3.8) is 0 Å². The molecule has 0 saturated heterocycles. The third-order valence-electron chi connectivity index (χ3n) is 4.49. The first-order chi connectivity index (χ1) is 14.6. The number of halogens is 4. The van der Waals surface area contributed by atoms with Crippen molar-refractivity contribution in [3.05, 3.63) is 47.2 Å². The molecule has 2 heterocycles. The SMILES string of the molecule is CNc1cc(Nc2c(F)c(F)cc(F)c2F)nc2c(C(=O)NCC(C)(C)CO)cnn12. The zero-order valence-corrected chi connectivity index (χ0v) is 16.9. The molecule has 0 aliphatic rings. The van der Waals surface area contributed by atoms with E-state index in [0.29, 0.717) is 0 Å². The Labute approximate surface area is 174 Å². The van der Waals surface area contributed by atoms with Crippen LogP contribution < -0.4 is 16.0 Å².